The van der Waals surface area contributed by atoms with Crippen molar-refractivity contribution in [2.75, 3.05) is 5.32 Å². The van der Waals surface area contributed by atoms with Crippen LogP contribution in [0.3, 0.4) is 0 Å². The largest absolute Gasteiger partial charge is 0.340 e. The molecule has 5 nitrogen and oxygen atoms in total. The Morgan fingerprint density at radius 3 is 2.65 bits per heavy atom. The molecule has 1 aromatic heterocycles. The van der Waals surface area contributed by atoms with Gasteiger partial charge >= 0.3 is 0 Å². The van der Waals surface area contributed by atoms with Crippen molar-refractivity contribution in [2.45, 2.75) is 6.54 Å². The molecule has 5 heteroatoms. The first-order chi connectivity index (χ1) is 8.31. The van der Waals surface area contributed by atoms with Crippen LogP contribution in [0.25, 0.3) is 0 Å². The Bertz CT molecular complexity index is 542. The second-order valence-electron chi connectivity index (χ2n) is 3.38. The zero-order valence-corrected chi connectivity index (χ0v) is 9.09. The van der Waals surface area contributed by atoms with Gasteiger partial charge in [0.15, 0.2) is 0 Å². The molecule has 0 bridgehead atoms. The van der Waals surface area contributed by atoms with Gasteiger partial charge < -0.3 is 11.1 Å². The van der Waals surface area contributed by atoms with Crippen LogP contribution in [0.2, 0.25) is 0 Å². The molecule has 0 amide bonds. The summed E-state index contributed by atoms with van der Waals surface area (Å²) in [4.78, 5) is 8.22. The van der Waals surface area contributed by atoms with Crippen molar-refractivity contribution >= 4 is 11.5 Å². The number of nitriles is 1. The lowest BCUT2D eigenvalue weighted by atomic mass is 10.2. The number of aromatic nitrogens is 2. The van der Waals surface area contributed by atoms with Crippen molar-refractivity contribution in [3.8, 4) is 6.07 Å². The van der Waals surface area contributed by atoms with E-state index in [1.54, 1.807) is 24.4 Å². The highest BCUT2D eigenvalue weighted by Gasteiger charge is 1.98. The minimum Gasteiger partial charge on any atom is -0.340 e. The molecular weight excluding hydrogens is 214 g/mol. The van der Waals surface area contributed by atoms with Crippen LogP contribution < -0.4 is 11.1 Å². The molecule has 0 atom stereocenters. The van der Waals surface area contributed by atoms with Crippen molar-refractivity contribution < 1.29 is 0 Å². The number of rotatable bonds is 3. The highest BCUT2D eigenvalue weighted by Crippen LogP contribution is 2.14. The fourth-order valence-electron chi connectivity index (χ4n) is 1.34. The minimum absolute atomic E-state index is 0.308. The molecule has 0 aliphatic carbocycles. The molecule has 0 fully saturated rings. The van der Waals surface area contributed by atoms with Crippen LogP contribution >= 0.6 is 0 Å². The Balaban J connectivity index is 2.16. The molecule has 1 heterocycles. The first kappa shape index (κ1) is 11.0. The van der Waals surface area contributed by atoms with Crippen LogP contribution in [-0.4, -0.2) is 9.97 Å². The Morgan fingerprint density at radius 2 is 2.00 bits per heavy atom. The van der Waals surface area contributed by atoms with Gasteiger partial charge in [-0.15, -0.1) is 0 Å². The molecule has 0 saturated heterocycles. The molecular formula is C12H11N5. The molecule has 0 saturated carbocycles. The number of nitrogens with zero attached hydrogens (tertiary/aromatic N) is 3. The van der Waals surface area contributed by atoms with E-state index in [1.807, 2.05) is 12.1 Å². The lowest BCUT2D eigenvalue weighted by molar-refractivity contribution is 0.912. The van der Waals surface area contributed by atoms with Gasteiger partial charge in [0, 0.05) is 11.9 Å². The van der Waals surface area contributed by atoms with Crippen LogP contribution in [0.1, 0.15) is 11.4 Å². The van der Waals surface area contributed by atoms with Crippen LogP contribution in [0.4, 0.5) is 11.5 Å². The third-order valence-electron chi connectivity index (χ3n) is 2.17. The lowest BCUT2D eigenvalue weighted by Crippen LogP contribution is -2.04. The summed E-state index contributed by atoms with van der Waals surface area (Å²) >= 11 is 0. The summed E-state index contributed by atoms with van der Waals surface area (Å²) in [5.74, 6) is 1.27. The first-order valence-electron chi connectivity index (χ1n) is 5.11. The van der Waals surface area contributed by atoms with Crippen LogP contribution in [0, 0.1) is 11.3 Å². The third kappa shape index (κ3) is 2.77. The number of benzene rings is 1. The van der Waals surface area contributed by atoms with Crippen molar-refractivity contribution in [3.63, 3.8) is 0 Å². The molecule has 2 rings (SSSR count). The van der Waals surface area contributed by atoms with Gasteiger partial charge in [-0.25, -0.2) is 9.97 Å². The molecule has 0 aliphatic rings. The average molecular weight is 225 g/mol. The standard InChI is InChI=1S/C12H11N5/c13-7-9-1-3-10(4-2-9)16-11-5-6-15-12(8-14)17-11/h1-6H,8,14H2,(H,15,16,17). The van der Waals surface area contributed by atoms with E-state index < -0.39 is 0 Å². The highest BCUT2D eigenvalue weighted by atomic mass is 15.0. The second kappa shape index (κ2) is 5.05. The quantitative estimate of drug-likeness (QED) is 0.827. The first-order valence-corrected chi connectivity index (χ1v) is 5.11. The van der Waals surface area contributed by atoms with E-state index in [9.17, 15) is 0 Å². The van der Waals surface area contributed by atoms with Crippen molar-refractivity contribution in [1.29, 1.82) is 5.26 Å². The number of nitrogens with one attached hydrogen (secondary N) is 1. The number of anilines is 2. The van der Waals surface area contributed by atoms with Crippen LogP contribution in [0.5, 0.6) is 0 Å². The van der Waals surface area contributed by atoms with Crippen LogP contribution in [-0.2, 0) is 6.54 Å². The summed E-state index contributed by atoms with van der Waals surface area (Å²) in [6, 6.07) is 11.0. The Morgan fingerprint density at radius 1 is 1.24 bits per heavy atom. The maximum Gasteiger partial charge on any atom is 0.144 e. The maximum absolute atomic E-state index is 8.68. The van der Waals surface area contributed by atoms with E-state index in [-0.39, 0.29) is 0 Å². The molecule has 1 aromatic carbocycles. The fourth-order valence-corrected chi connectivity index (χ4v) is 1.34. The summed E-state index contributed by atoms with van der Waals surface area (Å²) in [7, 11) is 0. The number of hydrogen-bond donors (Lipinski definition) is 2. The summed E-state index contributed by atoms with van der Waals surface area (Å²) in [6.45, 7) is 0.308. The van der Waals surface area contributed by atoms with Gasteiger partial charge in [-0.05, 0) is 30.3 Å². The fraction of sp³-hybridized carbons (Fsp3) is 0.0833. The second-order valence-corrected chi connectivity index (χ2v) is 3.38. The van der Waals surface area contributed by atoms with E-state index in [1.165, 1.54) is 0 Å². The van der Waals surface area contributed by atoms with E-state index in [2.05, 4.69) is 21.4 Å². The lowest BCUT2D eigenvalue weighted by Gasteiger charge is -2.05. The van der Waals surface area contributed by atoms with Crippen LogP contribution in [0.15, 0.2) is 36.5 Å². The molecule has 17 heavy (non-hydrogen) atoms. The van der Waals surface area contributed by atoms with Gasteiger partial charge in [0.25, 0.3) is 0 Å². The molecule has 0 spiro atoms. The number of hydrogen-bond acceptors (Lipinski definition) is 5. The predicted octanol–water partition coefficient (Wildman–Crippen LogP) is 1.55. The SMILES string of the molecule is N#Cc1ccc(Nc2ccnc(CN)n2)cc1. The Kier molecular flexibility index (Phi) is 3.28. The topological polar surface area (TPSA) is 87.6 Å². The molecule has 2 aromatic rings. The zero-order chi connectivity index (χ0) is 12.1. The van der Waals surface area contributed by atoms with Gasteiger partial charge in [-0.1, -0.05) is 0 Å². The summed E-state index contributed by atoms with van der Waals surface area (Å²) in [5.41, 5.74) is 6.95. The van der Waals surface area contributed by atoms with Gasteiger partial charge in [-0.3, -0.25) is 0 Å². The number of nitrogens with two attached hydrogens (primary N) is 1. The predicted molar refractivity (Wildman–Crippen MR) is 64.4 cm³/mol. The Labute approximate surface area is 98.9 Å². The maximum atomic E-state index is 8.68. The molecule has 3 N–H and O–H groups in total. The zero-order valence-electron chi connectivity index (χ0n) is 9.09. The Hall–Kier alpha value is -2.45. The summed E-state index contributed by atoms with van der Waals surface area (Å²) in [5, 5.41) is 11.8. The van der Waals surface area contributed by atoms with Gasteiger partial charge in [0.1, 0.15) is 11.6 Å². The normalized spacial score (nSPS) is 9.65. The summed E-state index contributed by atoms with van der Waals surface area (Å²) < 4.78 is 0. The van der Waals surface area contributed by atoms with Gasteiger partial charge in [0.05, 0.1) is 18.2 Å². The van der Waals surface area contributed by atoms with Crippen molar-refractivity contribution in [1.82, 2.24) is 9.97 Å². The average Bonchev–Trinajstić information content (AvgIpc) is 2.40. The third-order valence-corrected chi connectivity index (χ3v) is 2.17. The minimum atomic E-state index is 0.308. The van der Waals surface area contributed by atoms with E-state index in [0.717, 1.165) is 5.69 Å². The summed E-state index contributed by atoms with van der Waals surface area (Å²) in [6.07, 6.45) is 1.65. The smallest absolute Gasteiger partial charge is 0.144 e. The van der Waals surface area contributed by atoms with Gasteiger partial charge in [-0.2, -0.15) is 5.26 Å². The molecule has 0 aliphatic heterocycles. The highest BCUT2D eigenvalue weighted by molar-refractivity contribution is 5.56. The monoisotopic (exact) mass is 225 g/mol. The van der Waals surface area contributed by atoms with E-state index >= 15 is 0 Å². The van der Waals surface area contributed by atoms with E-state index in [0.29, 0.717) is 23.8 Å². The molecule has 84 valence electrons. The van der Waals surface area contributed by atoms with Gasteiger partial charge in [0.2, 0.25) is 0 Å². The van der Waals surface area contributed by atoms with Crippen molar-refractivity contribution in [3.05, 3.63) is 47.9 Å². The van der Waals surface area contributed by atoms with E-state index in [4.69, 9.17) is 11.0 Å². The van der Waals surface area contributed by atoms with Crippen molar-refractivity contribution in [2.24, 2.45) is 5.73 Å². The molecule has 0 radical (unpaired) electrons. The molecule has 0 unspecified atom stereocenters.